The number of alkyl halides is 4. The second kappa shape index (κ2) is 24.0. The summed E-state index contributed by atoms with van der Waals surface area (Å²) in [5.74, 6) is 6.50. The minimum absolute atomic E-state index is 0.194. The van der Waals surface area contributed by atoms with Crippen molar-refractivity contribution in [1.29, 1.82) is 0 Å². The van der Waals surface area contributed by atoms with Crippen LogP contribution < -0.4 is 37.9 Å². The van der Waals surface area contributed by atoms with Crippen LogP contribution in [0.3, 0.4) is 0 Å². The molecule has 12 aliphatic carbocycles. The van der Waals surface area contributed by atoms with E-state index in [1.54, 1.807) is 56.9 Å². The van der Waals surface area contributed by atoms with Gasteiger partial charge in [0.1, 0.15) is 46.0 Å². The van der Waals surface area contributed by atoms with Gasteiger partial charge in [-0.05, 0) is 183 Å². The average molecular weight is 1170 g/mol. The van der Waals surface area contributed by atoms with Crippen LogP contribution in [0.4, 0.5) is 0 Å². The molecule has 0 unspecified atom stereocenters. The van der Waals surface area contributed by atoms with E-state index in [0.717, 1.165) is 177 Å². The van der Waals surface area contributed by atoms with Crippen molar-refractivity contribution in [2.45, 2.75) is 25.7 Å². The molecule has 0 spiro atoms. The summed E-state index contributed by atoms with van der Waals surface area (Å²) < 4.78 is 49.8. The van der Waals surface area contributed by atoms with Gasteiger partial charge >= 0.3 is 0 Å². The van der Waals surface area contributed by atoms with Crippen LogP contribution in [0, 0.1) is 0 Å². The summed E-state index contributed by atoms with van der Waals surface area (Å²) in [6.45, 7) is 0. The molecule has 0 amide bonds. The summed E-state index contributed by atoms with van der Waals surface area (Å²) in [4.78, 5) is 0. The van der Waals surface area contributed by atoms with E-state index in [-0.39, 0.29) is 10.7 Å². The van der Waals surface area contributed by atoms with Crippen molar-refractivity contribution in [2.24, 2.45) is 0 Å². The first-order valence-electron chi connectivity index (χ1n) is 26.7. The van der Waals surface area contributed by atoms with Crippen LogP contribution in [0.1, 0.15) is 44.5 Å². The van der Waals surface area contributed by atoms with E-state index in [9.17, 15) is 0 Å². The summed E-state index contributed by atoms with van der Waals surface area (Å²) in [7, 11) is 14.0. The molecule has 0 aromatic heterocycles. The Morgan fingerprint density at radius 3 is 0.427 bits per heavy atom. The predicted octanol–water partition coefficient (Wildman–Crippen LogP) is 18.5. The highest BCUT2D eigenvalue weighted by Gasteiger charge is 2.24. The van der Waals surface area contributed by atoms with Crippen LogP contribution in [0.5, 0.6) is 46.0 Å². The molecule has 0 atom stereocenters. The Bertz CT molecular complexity index is 3620. The molecule has 24 rings (SSSR count). The Hall–Kier alpha value is -7.72. The van der Waals surface area contributed by atoms with Crippen molar-refractivity contribution >= 4 is 133 Å². The lowest BCUT2D eigenvalue weighted by Crippen LogP contribution is -2.02. The SMILES string of the molecule is COc1ccc2cc3c4c(OC)ccc3cc2c1Cc1c(OC)ccc2cc3c(c(OC)ccc3cc12)Cc1c(OC)ccc2cc3c(c(OC)ccc3cc12)Cc1c(OC)ccc2cc3c(c(OC)ccc3cc12)C4.ClCCl.ClCCl. The van der Waals surface area contributed by atoms with E-state index in [4.69, 9.17) is 84.3 Å². The first-order chi connectivity index (χ1) is 40.1. The molecule has 12 aliphatic rings. The van der Waals surface area contributed by atoms with Gasteiger partial charge in [0.2, 0.25) is 0 Å². The van der Waals surface area contributed by atoms with Crippen LogP contribution in [0.2, 0.25) is 0 Å². The number of methoxy groups -OCH3 is 8. The predicted molar refractivity (Wildman–Crippen MR) is 343 cm³/mol. The van der Waals surface area contributed by atoms with Crippen LogP contribution >= 0.6 is 46.4 Å². The molecule has 0 N–H and O–H groups in total. The van der Waals surface area contributed by atoms with Gasteiger partial charge in [-0.25, -0.2) is 0 Å². The molecule has 82 heavy (non-hydrogen) atoms. The monoisotopic (exact) mass is 1170 g/mol. The lowest BCUT2D eigenvalue weighted by atomic mass is 9.87. The zero-order valence-electron chi connectivity index (χ0n) is 46.9. The van der Waals surface area contributed by atoms with Gasteiger partial charge in [0.25, 0.3) is 0 Å². The topological polar surface area (TPSA) is 73.8 Å². The van der Waals surface area contributed by atoms with Gasteiger partial charge in [-0.15, -0.1) is 46.4 Å². The molecule has 0 heterocycles. The van der Waals surface area contributed by atoms with Crippen molar-refractivity contribution in [2.75, 3.05) is 67.6 Å². The molecule has 0 aliphatic heterocycles. The Labute approximate surface area is 496 Å². The summed E-state index contributed by atoms with van der Waals surface area (Å²) in [6.07, 6.45) is 2.25. The zero-order chi connectivity index (χ0) is 57.3. The van der Waals surface area contributed by atoms with Gasteiger partial charge in [-0.1, -0.05) is 48.5 Å². The van der Waals surface area contributed by atoms with E-state index in [1.165, 1.54) is 0 Å². The van der Waals surface area contributed by atoms with Gasteiger partial charge in [-0.3, -0.25) is 0 Å². The van der Waals surface area contributed by atoms with Gasteiger partial charge in [0.05, 0.1) is 67.6 Å². The molecule has 12 aromatic carbocycles. The molecule has 12 heteroatoms. The molecule has 8 nitrogen and oxygen atoms in total. The Morgan fingerprint density at radius 1 is 0.220 bits per heavy atom. The minimum Gasteiger partial charge on any atom is -0.496 e. The molecule has 0 saturated heterocycles. The third-order valence-corrected chi connectivity index (χ3v) is 16.4. The Morgan fingerprint density at radius 2 is 0.329 bits per heavy atom. The third kappa shape index (κ3) is 9.93. The highest BCUT2D eigenvalue weighted by molar-refractivity contribution is 6.41. The second-order valence-electron chi connectivity index (χ2n) is 20.1. The van der Waals surface area contributed by atoms with E-state index < -0.39 is 0 Å². The van der Waals surface area contributed by atoms with Gasteiger partial charge < -0.3 is 37.9 Å². The Balaban J connectivity index is 0.00000113. The maximum atomic E-state index is 6.22. The van der Waals surface area contributed by atoms with Crippen molar-refractivity contribution < 1.29 is 37.9 Å². The first kappa shape index (κ1) is 56.2. The fourth-order valence-electron chi connectivity index (χ4n) is 12.6. The molecule has 0 radical (unpaired) electrons. The normalized spacial score (nSPS) is 12.0. The molecule has 0 fully saturated rings. The smallest absolute Gasteiger partial charge is 0.123 e. The highest BCUT2D eigenvalue weighted by atomic mass is 35.5. The number of hydrogen-bond acceptors (Lipinski definition) is 8. The van der Waals surface area contributed by atoms with Crippen LogP contribution in [0.25, 0.3) is 86.2 Å². The third-order valence-electron chi connectivity index (χ3n) is 16.4. The van der Waals surface area contributed by atoms with E-state index >= 15 is 0 Å². The fraction of sp³-hybridized carbons (Fsp3) is 0.200. The molecular weight excluding hydrogens is 1110 g/mol. The van der Waals surface area contributed by atoms with E-state index in [1.807, 2.05) is 0 Å². The summed E-state index contributed by atoms with van der Waals surface area (Å²) in [6, 6.07) is 52.6. The maximum Gasteiger partial charge on any atom is 0.123 e. The molecule has 416 valence electrons. The molecular formula is C70H60Cl4O8. The van der Waals surface area contributed by atoms with E-state index in [0.29, 0.717) is 25.7 Å². The van der Waals surface area contributed by atoms with Crippen LogP contribution in [-0.2, 0) is 25.7 Å². The molecule has 12 aromatic rings. The van der Waals surface area contributed by atoms with Crippen molar-refractivity contribution in [3.8, 4) is 46.0 Å². The number of hydrogen-bond donors (Lipinski definition) is 0. The lowest BCUT2D eigenvalue weighted by molar-refractivity contribution is 0.406. The van der Waals surface area contributed by atoms with Crippen LogP contribution in [-0.4, -0.2) is 67.6 Å². The quantitative estimate of drug-likeness (QED) is 0.110. The zero-order valence-corrected chi connectivity index (χ0v) is 49.9. The van der Waals surface area contributed by atoms with Crippen molar-refractivity contribution in [3.63, 3.8) is 0 Å². The standard InChI is InChI=1S/C68H56O8.2CH2Cl2/c1-69-61-17-9-37-26-47-38-10-19-63(71-3)55(47)34-56-49-29-42-14-23-67(75-7)59(51(42)30-41(49)13-21-65(56)73-5)36-60-52-32-43-15-22-66(74-6)58(50(43)31-44(52)16-24-68(60)76-8)35-57-48-28-39-11-18-62(70-2)54(33-53(61)45(37)25-38)46(39)27-40(48)12-20-64(57)72-4;2*2-1-3/h9-32H,33-36H2,1-8H3;2*1H2. The van der Waals surface area contributed by atoms with Crippen molar-refractivity contribution in [1.82, 2.24) is 0 Å². The second-order valence-corrected chi connectivity index (χ2v) is 21.7. The summed E-state index contributed by atoms with van der Waals surface area (Å²) in [5, 5.41) is 18.0. The molecule has 0 saturated carbocycles. The average Bonchev–Trinajstić information content (AvgIpc) is 3.66. The maximum absolute atomic E-state index is 6.22. The van der Waals surface area contributed by atoms with Gasteiger partial charge in [-0.2, -0.15) is 0 Å². The minimum atomic E-state index is 0.194. The fourth-order valence-corrected chi connectivity index (χ4v) is 12.6. The lowest BCUT2D eigenvalue weighted by Gasteiger charge is -2.21. The summed E-state index contributed by atoms with van der Waals surface area (Å²) in [5.41, 5.74) is 8.62. The van der Waals surface area contributed by atoms with Gasteiger partial charge in [0.15, 0.2) is 0 Å². The number of benzene rings is 12. The van der Waals surface area contributed by atoms with Crippen molar-refractivity contribution in [3.05, 3.63) is 190 Å². The number of halogens is 4. The first-order valence-corrected chi connectivity index (χ1v) is 28.8. The van der Waals surface area contributed by atoms with E-state index in [2.05, 4.69) is 146 Å². The highest BCUT2D eigenvalue weighted by Crippen LogP contribution is 2.46. The summed E-state index contributed by atoms with van der Waals surface area (Å²) >= 11 is 19.1. The number of ether oxygens (including phenoxy) is 8. The number of rotatable bonds is 8. The van der Waals surface area contributed by atoms with Gasteiger partial charge in [0, 0.05) is 70.2 Å². The molecule has 24 bridgehead atoms. The van der Waals surface area contributed by atoms with Crippen LogP contribution in [0.15, 0.2) is 146 Å². The largest absolute Gasteiger partial charge is 0.496 e. The Kier molecular flexibility index (Phi) is 16.4.